The van der Waals surface area contributed by atoms with Gasteiger partial charge in [0.1, 0.15) is 0 Å². The van der Waals surface area contributed by atoms with Crippen LogP contribution in [0.1, 0.15) is 0 Å². The number of aromatic nitrogens is 3. The molecule has 0 unspecified atom stereocenters. The summed E-state index contributed by atoms with van der Waals surface area (Å²) in [6.07, 6.45) is 0.376. The molecule has 4 aromatic rings. The second-order valence-electron chi connectivity index (χ2n) is 6.16. The van der Waals surface area contributed by atoms with E-state index in [2.05, 4.69) is 25.3 Å². The van der Waals surface area contributed by atoms with Crippen LogP contribution in [0, 0.1) is 0 Å². The number of hydrogen-bond donors (Lipinski definition) is 2. The van der Waals surface area contributed by atoms with Crippen LogP contribution in [0.15, 0.2) is 73.2 Å². The molecule has 0 saturated carbocycles. The molecule has 0 aliphatic heterocycles. The molecule has 0 bridgehead atoms. The molecule has 0 aliphatic carbocycles. The van der Waals surface area contributed by atoms with Crippen LogP contribution in [0.5, 0.6) is 5.75 Å². The first kappa shape index (κ1) is 19.2. The molecule has 2 aromatic heterocycles. The van der Waals surface area contributed by atoms with Gasteiger partial charge in [0.2, 0.25) is 5.78 Å². The van der Waals surface area contributed by atoms with Crippen molar-refractivity contribution < 1.29 is 22.7 Å². The molecule has 0 fully saturated rings. The first-order chi connectivity index (χ1) is 14.4. The lowest BCUT2D eigenvalue weighted by atomic mass is 10.1. The Morgan fingerprint density at radius 3 is 2.67 bits per heavy atom. The molecule has 0 spiro atoms. The minimum atomic E-state index is -4.87. The zero-order valence-electron chi connectivity index (χ0n) is 15.2. The Labute approximate surface area is 168 Å². The minimum Gasteiger partial charge on any atom is -0.404 e. The summed E-state index contributed by atoms with van der Waals surface area (Å²) in [7, 11) is 0. The van der Waals surface area contributed by atoms with Crippen molar-refractivity contribution in [1.82, 2.24) is 14.4 Å². The van der Waals surface area contributed by atoms with E-state index in [1.807, 2.05) is 12.3 Å². The van der Waals surface area contributed by atoms with Crippen LogP contribution in [0.25, 0.3) is 17.0 Å². The molecule has 10 heteroatoms. The average molecular weight is 413 g/mol. The quantitative estimate of drug-likeness (QED) is 0.497. The Hall–Kier alpha value is -4.08. The Kier molecular flexibility index (Phi) is 4.97. The number of benzene rings is 2. The van der Waals surface area contributed by atoms with Crippen LogP contribution < -0.4 is 15.4 Å². The van der Waals surface area contributed by atoms with Crippen molar-refractivity contribution in [1.29, 1.82) is 0 Å². The van der Waals surface area contributed by atoms with Crippen molar-refractivity contribution >= 4 is 23.2 Å². The molecule has 2 heterocycles. The Morgan fingerprint density at radius 1 is 1.03 bits per heavy atom. The van der Waals surface area contributed by atoms with Crippen molar-refractivity contribution in [2.75, 3.05) is 10.6 Å². The van der Waals surface area contributed by atoms with Crippen LogP contribution in [-0.2, 0) is 0 Å². The highest BCUT2D eigenvalue weighted by Crippen LogP contribution is 2.30. The fourth-order valence-electron chi connectivity index (χ4n) is 2.79. The highest BCUT2D eigenvalue weighted by molar-refractivity contribution is 6.01. The fraction of sp³-hybridized carbons (Fsp3) is 0.0500. The summed E-state index contributed by atoms with van der Waals surface area (Å²) in [4.78, 5) is 20.9. The van der Waals surface area contributed by atoms with Gasteiger partial charge in [-0.15, -0.1) is 13.2 Å². The number of halogens is 3. The summed E-state index contributed by atoms with van der Waals surface area (Å²) in [5.41, 5.74) is 1.71. The first-order valence-corrected chi connectivity index (χ1v) is 8.70. The maximum absolute atomic E-state index is 12.5. The predicted molar refractivity (Wildman–Crippen MR) is 104 cm³/mol. The van der Waals surface area contributed by atoms with E-state index in [4.69, 9.17) is 0 Å². The highest BCUT2D eigenvalue weighted by Gasteiger charge is 2.32. The number of ether oxygens (including phenoxy) is 1. The van der Waals surface area contributed by atoms with Crippen molar-refractivity contribution in [2.24, 2.45) is 0 Å². The average Bonchev–Trinajstić information content (AvgIpc) is 3.13. The zero-order chi connectivity index (χ0) is 21.1. The van der Waals surface area contributed by atoms with Crippen LogP contribution >= 0.6 is 0 Å². The van der Waals surface area contributed by atoms with E-state index in [1.165, 1.54) is 18.2 Å². The maximum Gasteiger partial charge on any atom is 0.573 e. The van der Waals surface area contributed by atoms with Crippen molar-refractivity contribution in [3.63, 3.8) is 0 Å². The molecule has 0 saturated heterocycles. The summed E-state index contributed by atoms with van der Waals surface area (Å²) in [6.45, 7) is 0. The van der Waals surface area contributed by atoms with E-state index >= 15 is 0 Å². The minimum absolute atomic E-state index is 0.116. The number of hydrogen-bond acceptors (Lipinski definition) is 4. The van der Waals surface area contributed by atoms with Crippen molar-refractivity contribution in [2.45, 2.75) is 6.36 Å². The molecular formula is C20H14F3N5O2. The van der Waals surface area contributed by atoms with Gasteiger partial charge in [-0.2, -0.15) is 0 Å². The predicted octanol–water partition coefficient (Wildman–Crippen LogP) is 4.94. The van der Waals surface area contributed by atoms with Crippen LogP contribution in [0.3, 0.4) is 0 Å². The summed E-state index contributed by atoms with van der Waals surface area (Å²) in [5, 5.41) is 4.94. The summed E-state index contributed by atoms with van der Waals surface area (Å²) < 4.78 is 43.3. The molecule has 0 aliphatic rings. The van der Waals surface area contributed by atoms with E-state index in [-0.39, 0.29) is 5.69 Å². The third-order valence-electron chi connectivity index (χ3n) is 4.01. The number of anilines is 2. The van der Waals surface area contributed by atoms with Crippen molar-refractivity contribution in [3.8, 4) is 17.0 Å². The van der Waals surface area contributed by atoms with Gasteiger partial charge in [-0.3, -0.25) is 4.40 Å². The van der Waals surface area contributed by atoms with Gasteiger partial charge >= 0.3 is 12.4 Å². The summed E-state index contributed by atoms with van der Waals surface area (Å²) in [5.74, 6) is 0.0241. The van der Waals surface area contributed by atoms with Crippen LogP contribution in [-0.4, -0.2) is 26.8 Å². The van der Waals surface area contributed by atoms with Gasteiger partial charge in [0, 0.05) is 29.8 Å². The Morgan fingerprint density at radius 2 is 1.87 bits per heavy atom. The van der Waals surface area contributed by atoms with E-state index in [0.717, 1.165) is 11.6 Å². The molecule has 2 aromatic carbocycles. The topological polar surface area (TPSA) is 80.6 Å². The SMILES string of the molecule is O=C(Nc1cccc(-c2cn3cccnc3n2)c1)Nc1ccccc1OC(F)(F)F. The second-order valence-corrected chi connectivity index (χ2v) is 6.16. The summed E-state index contributed by atoms with van der Waals surface area (Å²) >= 11 is 0. The molecule has 152 valence electrons. The number of imidazole rings is 1. The number of urea groups is 1. The zero-order valence-corrected chi connectivity index (χ0v) is 15.2. The number of nitrogens with one attached hydrogen (secondary N) is 2. The van der Waals surface area contributed by atoms with Crippen LogP contribution in [0.4, 0.5) is 29.3 Å². The number of para-hydroxylation sites is 2. The van der Waals surface area contributed by atoms with Gasteiger partial charge in [0.05, 0.1) is 11.4 Å². The molecule has 2 N–H and O–H groups in total. The van der Waals surface area contributed by atoms with Gasteiger partial charge in [0.25, 0.3) is 0 Å². The maximum atomic E-state index is 12.5. The molecule has 30 heavy (non-hydrogen) atoms. The van der Waals surface area contributed by atoms with E-state index in [0.29, 0.717) is 17.2 Å². The lowest BCUT2D eigenvalue weighted by molar-refractivity contribution is -0.274. The molecule has 4 rings (SSSR count). The van der Waals surface area contributed by atoms with Gasteiger partial charge in [-0.25, -0.2) is 14.8 Å². The lowest BCUT2D eigenvalue weighted by Gasteiger charge is -2.14. The third kappa shape index (κ3) is 4.49. The third-order valence-corrected chi connectivity index (χ3v) is 4.01. The number of carbonyl (C=O) groups excluding carboxylic acids is 1. The largest absolute Gasteiger partial charge is 0.573 e. The number of alkyl halides is 3. The van der Waals surface area contributed by atoms with E-state index in [9.17, 15) is 18.0 Å². The molecular weight excluding hydrogens is 399 g/mol. The fourth-order valence-corrected chi connectivity index (χ4v) is 2.79. The number of amides is 2. The number of fused-ring (bicyclic) bond motifs is 1. The van der Waals surface area contributed by atoms with E-state index < -0.39 is 18.1 Å². The smallest absolute Gasteiger partial charge is 0.404 e. The van der Waals surface area contributed by atoms with Gasteiger partial charge in [-0.05, 0) is 30.3 Å². The molecule has 0 atom stereocenters. The van der Waals surface area contributed by atoms with Crippen molar-refractivity contribution in [3.05, 3.63) is 73.2 Å². The lowest BCUT2D eigenvalue weighted by Crippen LogP contribution is -2.22. The number of carbonyl (C=O) groups is 1. The summed E-state index contributed by atoms with van der Waals surface area (Å²) in [6, 6.07) is 13.2. The van der Waals surface area contributed by atoms with Crippen LogP contribution in [0.2, 0.25) is 0 Å². The number of rotatable bonds is 4. The Bertz CT molecular complexity index is 1170. The molecule has 7 nitrogen and oxygen atoms in total. The molecule has 2 amide bonds. The Balaban J connectivity index is 1.50. The van der Waals surface area contributed by atoms with Gasteiger partial charge < -0.3 is 15.4 Å². The number of nitrogens with zero attached hydrogens (tertiary/aromatic N) is 3. The normalized spacial score (nSPS) is 11.3. The highest BCUT2D eigenvalue weighted by atomic mass is 19.4. The second kappa shape index (κ2) is 7.74. The first-order valence-electron chi connectivity index (χ1n) is 8.70. The standard InChI is InChI=1S/C20H14F3N5O2/c21-20(22,23)30-17-8-2-1-7-15(17)27-19(29)25-14-6-3-5-13(11-14)16-12-28-10-4-9-24-18(28)26-16/h1-12H,(H2,25,27,29). The monoisotopic (exact) mass is 413 g/mol. The van der Waals surface area contributed by atoms with Gasteiger partial charge in [0.15, 0.2) is 5.75 Å². The van der Waals surface area contributed by atoms with Gasteiger partial charge in [-0.1, -0.05) is 24.3 Å². The molecule has 0 radical (unpaired) electrons. The van der Waals surface area contributed by atoms with E-state index in [1.54, 1.807) is 41.1 Å².